The Kier molecular flexibility index (Phi) is 3.30. The first-order valence-electron chi connectivity index (χ1n) is 7.92. The van der Waals surface area contributed by atoms with E-state index in [0.717, 1.165) is 33.3 Å². The summed E-state index contributed by atoms with van der Waals surface area (Å²) in [6.45, 7) is 4.27. The van der Waals surface area contributed by atoms with E-state index in [1.165, 1.54) is 5.56 Å². The monoisotopic (exact) mass is 298 g/mol. The van der Waals surface area contributed by atoms with Gasteiger partial charge in [-0.3, -0.25) is 9.97 Å². The highest BCUT2D eigenvalue weighted by Gasteiger charge is 2.07. The smallest absolute Gasteiger partial charge is 0.0705 e. The molecular weight excluding hydrogens is 280 g/mol. The lowest BCUT2D eigenvalue weighted by molar-refractivity contribution is 0.953. The molecular formula is C21H18N2. The van der Waals surface area contributed by atoms with E-state index in [2.05, 4.69) is 78.5 Å². The normalized spacial score (nSPS) is 16.3. The highest BCUT2D eigenvalue weighted by atomic mass is 14.7. The predicted molar refractivity (Wildman–Crippen MR) is 96.9 cm³/mol. The third-order valence-electron chi connectivity index (χ3n) is 4.26. The standard InChI is InChI=1S/C21H18N2/c1-14-3-6-16-10-18(12-22-20(16)8-5-14)19-11-17-7-4-15(2)9-21(17)23-13-19/h3-14H,1-2H3. The second-order valence-electron chi connectivity index (χ2n) is 6.20. The van der Waals surface area contributed by atoms with E-state index in [1.54, 1.807) is 0 Å². The number of benzene rings is 1. The highest BCUT2D eigenvalue weighted by Crippen LogP contribution is 2.26. The average Bonchev–Trinajstić information content (AvgIpc) is 2.76. The zero-order chi connectivity index (χ0) is 15.8. The van der Waals surface area contributed by atoms with Gasteiger partial charge in [-0.15, -0.1) is 0 Å². The second-order valence-corrected chi connectivity index (χ2v) is 6.20. The summed E-state index contributed by atoms with van der Waals surface area (Å²) in [5.74, 6) is 0.443. The SMILES string of the molecule is Cc1ccc2cc(-c3cnc4c(c3)C=CC(C)C=C4)cnc2c1. The first kappa shape index (κ1) is 13.9. The fourth-order valence-electron chi connectivity index (χ4n) is 2.87. The lowest BCUT2D eigenvalue weighted by Crippen LogP contribution is -1.90. The van der Waals surface area contributed by atoms with Crippen molar-refractivity contribution in [3.05, 3.63) is 71.7 Å². The van der Waals surface area contributed by atoms with E-state index in [4.69, 9.17) is 0 Å². The van der Waals surface area contributed by atoms with Gasteiger partial charge in [0.2, 0.25) is 0 Å². The van der Waals surface area contributed by atoms with Crippen molar-refractivity contribution >= 4 is 23.1 Å². The second kappa shape index (κ2) is 5.47. The summed E-state index contributed by atoms with van der Waals surface area (Å²) in [6, 6.07) is 10.7. The van der Waals surface area contributed by atoms with Gasteiger partial charge in [-0.2, -0.15) is 0 Å². The molecule has 0 amide bonds. The fraction of sp³-hybridized carbons (Fsp3) is 0.143. The molecule has 0 bridgehead atoms. The summed E-state index contributed by atoms with van der Waals surface area (Å²) in [4.78, 5) is 9.22. The number of fused-ring (bicyclic) bond motifs is 2. The Morgan fingerprint density at radius 3 is 2.57 bits per heavy atom. The van der Waals surface area contributed by atoms with Crippen LogP contribution in [0.5, 0.6) is 0 Å². The van der Waals surface area contributed by atoms with Crippen molar-refractivity contribution < 1.29 is 0 Å². The van der Waals surface area contributed by atoms with Crippen LogP contribution >= 0.6 is 0 Å². The van der Waals surface area contributed by atoms with E-state index in [1.807, 2.05) is 12.4 Å². The van der Waals surface area contributed by atoms with Crippen LogP contribution < -0.4 is 0 Å². The summed E-state index contributed by atoms with van der Waals surface area (Å²) in [5.41, 5.74) is 6.66. The third kappa shape index (κ3) is 2.68. The van der Waals surface area contributed by atoms with Gasteiger partial charge in [0.1, 0.15) is 0 Å². The Morgan fingerprint density at radius 2 is 1.65 bits per heavy atom. The van der Waals surface area contributed by atoms with Gasteiger partial charge in [0.25, 0.3) is 0 Å². The van der Waals surface area contributed by atoms with Crippen molar-refractivity contribution in [1.82, 2.24) is 9.97 Å². The van der Waals surface area contributed by atoms with Gasteiger partial charge in [0.15, 0.2) is 0 Å². The Labute approximate surface area is 136 Å². The molecule has 0 spiro atoms. The van der Waals surface area contributed by atoms with Crippen LogP contribution in [0.15, 0.2) is 54.9 Å². The molecule has 4 rings (SSSR count). The first-order valence-corrected chi connectivity index (χ1v) is 7.92. The molecule has 0 aliphatic heterocycles. The van der Waals surface area contributed by atoms with Gasteiger partial charge in [0.05, 0.1) is 11.2 Å². The van der Waals surface area contributed by atoms with E-state index >= 15 is 0 Å². The largest absolute Gasteiger partial charge is 0.256 e. The topological polar surface area (TPSA) is 25.8 Å². The molecule has 0 saturated heterocycles. The number of nitrogens with zero attached hydrogens (tertiary/aromatic N) is 2. The van der Waals surface area contributed by atoms with Crippen molar-refractivity contribution in [1.29, 1.82) is 0 Å². The molecule has 1 atom stereocenters. The molecule has 2 heterocycles. The van der Waals surface area contributed by atoms with Crippen molar-refractivity contribution in [2.24, 2.45) is 5.92 Å². The van der Waals surface area contributed by atoms with Gasteiger partial charge in [-0.05, 0) is 42.7 Å². The number of hydrogen-bond donors (Lipinski definition) is 0. The van der Waals surface area contributed by atoms with Crippen LogP contribution in [0, 0.1) is 12.8 Å². The molecule has 1 unspecified atom stereocenters. The molecule has 0 radical (unpaired) electrons. The van der Waals surface area contributed by atoms with Crippen LogP contribution in [0.25, 0.3) is 34.2 Å². The Morgan fingerprint density at radius 1 is 0.870 bits per heavy atom. The molecule has 1 aliphatic carbocycles. The zero-order valence-corrected chi connectivity index (χ0v) is 13.3. The van der Waals surface area contributed by atoms with Crippen LogP contribution in [0.4, 0.5) is 0 Å². The maximum Gasteiger partial charge on any atom is 0.0705 e. The molecule has 0 N–H and O–H groups in total. The molecule has 1 aliphatic rings. The van der Waals surface area contributed by atoms with Crippen LogP contribution in [0.2, 0.25) is 0 Å². The molecule has 0 fully saturated rings. The number of allylic oxidation sites excluding steroid dienone is 2. The summed E-state index contributed by atoms with van der Waals surface area (Å²) >= 11 is 0. The van der Waals surface area contributed by atoms with Crippen LogP contribution in [0.1, 0.15) is 23.7 Å². The minimum Gasteiger partial charge on any atom is -0.256 e. The Bertz CT molecular complexity index is 951. The number of rotatable bonds is 1. The van der Waals surface area contributed by atoms with Crippen LogP contribution in [-0.2, 0) is 0 Å². The Hall–Kier alpha value is -2.74. The van der Waals surface area contributed by atoms with E-state index < -0.39 is 0 Å². The van der Waals surface area contributed by atoms with Gasteiger partial charge in [-0.25, -0.2) is 0 Å². The van der Waals surface area contributed by atoms with Gasteiger partial charge < -0.3 is 0 Å². The summed E-state index contributed by atoms with van der Waals surface area (Å²) in [6.07, 6.45) is 12.5. The molecule has 1 aromatic carbocycles. The fourth-order valence-corrected chi connectivity index (χ4v) is 2.87. The quantitative estimate of drug-likeness (QED) is 0.610. The molecule has 0 saturated carbocycles. The number of pyridine rings is 2. The lowest BCUT2D eigenvalue weighted by atomic mass is 10.0. The average molecular weight is 298 g/mol. The number of hydrogen-bond acceptors (Lipinski definition) is 2. The predicted octanol–water partition coefficient (Wildman–Crippen LogP) is 5.28. The van der Waals surface area contributed by atoms with E-state index in [-0.39, 0.29) is 0 Å². The van der Waals surface area contributed by atoms with E-state index in [9.17, 15) is 0 Å². The summed E-state index contributed by atoms with van der Waals surface area (Å²) in [7, 11) is 0. The van der Waals surface area contributed by atoms with Gasteiger partial charge in [-0.1, -0.05) is 37.3 Å². The Balaban J connectivity index is 1.81. The minimum atomic E-state index is 0.443. The molecule has 2 heteroatoms. The maximum absolute atomic E-state index is 4.62. The molecule has 3 aromatic rings. The van der Waals surface area contributed by atoms with Crippen LogP contribution in [0.3, 0.4) is 0 Å². The molecule has 2 nitrogen and oxygen atoms in total. The molecule has 112 valence electrons. The zero-order valence-electron chi connectivity index (χ0n) is 13.3. The van der Waals surface area contributed by atoms with Crippen molar-refractivity contribution in [3.8, 4) is 11.1 Å². The maximum atomic E-state index is 4.62. The summed E-state index contributed by atoms with van der Waals surface area (Å²) in [5, 5.41) is 1.16. The third-order valence-corrected chi connectivity index (χ3v) is 4.26. The number of aryl methyl sites for hydroxylation is 1. The van der Waals surface area contributed by atoms with Gasteiger partial charge in [0, 0.05) is 34.5 Å². The lowest BCUT2D eigenvalue weighted by Gasteiger charge is -2.07. The highest BCUT2D eigenvalue weighted by molar-refractivity contribution is 5.84. The molecule has 23 heavy (non-hydrogen) atoms. The number of aromatic nitrogens is 2. The van der Waals surface area contributed by atoms with E-state index in [0.29, 0.717) is 5.92 Å². The van der Waals surface area contributed by atoms with Crippen molar-refractivity contribution in [2.75, 3.05) is 0 Å². The van der Waals surface area contributed by atoms with Gasteiger partial charge >= 0.3 is 0 Å². The minimum absolute atomic E-state index is 0.443. The first-order chi connectivity index (χ1) is 11.2. The van der Waals surface area contributed by atoms with Crippen molar-refractivity contribution in [3.63, 3.8) is 0 Å². The van der Waals surface area contributed by atoms with Crippen LogP contribution in [-0.4, -0.2) is 9.97 Å². The molecule has 2 aromatic heterocycles. The van der Waals surface area contributed by atoms with Crippen molar-refractivity contribution in [2.45, 2.75) is 13.8 Å². The summed E-state index contributed by atoms with van der Waals surface area (Å²) < 4.78 is 0.